The predicted molar refractivity (Wildman–Crippen MR) is 88.2 cm³/mol. The Balaban J connectivity index is 2.56. The van der Waals surface area contributed by atoms with Gasteiger partial charge in [0.25, 0.3) is 0 Å². The molecule has 0 saturated carbocycles. The lowest BCUT2D eigenvalue weighted by atomic mass is 10.0. The maximum Gasteiger partial charge on any atom is 0.340 e. The van der Waals surface area contributed by atoms with Gasteiger partial charge in [-0.25, -0.2) is 4.79 Å². The zero-order valence-electron chi connectivity index (χ0n) is 12.8. The van der Waals surface area contributed by atoms with E-state index in [4.69, 9.17) is 10.5 Å². The van der Waals surface area contributed by atoms with Crippen molar-refractivity contribution in [2.75, 3.05) is 17.8 Å². The summed E-state index contributed by atoms with van der Waals surface area (Å²) in [5, 5.41) is 0.315. The van der Waals surface area contributed by atoms with Crippen molar-refractivity contribution in [2.24, 2.45) is 10.7 Å². The number of aryl methyl sites for hydroxylation is 1. The summed E-state index contributed by atoms with van der Waals surface area (Å²) >= 11 is 1.21. The number of carbonyl (C=O) groups is 2. The molecule has 2 N–H and O–H groups in total. The minimum Gasteiger partial charge on any atom is -0.377 e. The van der Waals surface area contributed by atoms with E-state index < -0.39 is 6.03 Å². The lowest BCUT2D eigenvalue weighted by molar-refractivity contribution is -0.115. The van der Waals surface area contributed by atoms with Crippen molar-refractivity contribution in [1.82, 2.24) is 0 Å². The Labute approximate surface area is 133 Å². The number of amides is 3. The fraction of sp³-hybridized carbons (Fsp3) is 0.400. The van der Waals surface area contributed by atoms with Crippen molar-refractivity contribution in [3.63, 3.8) is 0 Å². The highest BCUT2D eigenvalue weighted by Crippen LogP contribution is 2.35. The van der Waals surface area contributed by atoms with E-state index in [0.29, 0.717) is 10.9 Å². The Morgan fingerprint density at radius 2 is 2.27 bits per heavy atom. The topological polar surface area (TPSA) is 85.0 Å². The summed E-state index contributed by atoms with van der Waals surface area (Å²) < 4.78 is 5.50. The van der Waals surface area contributed by atoms with E-state index in [-0.39, 0.29) is 17.8 Å². The molecule has 1 heterocycles. The first-order valence-electron chi connectivity index (χ1n) is 6.95. The number of carbonyl (C=O) groups excluding carboxylic acids is 2. The van der Waals surface area contributed by atoms with E-state index in [1.165, 1.54) is 16.7 Å². The number of aliphatic imine (C=N–C) groups is 1. The number of hydrogen-bond donors (Lipinski definition) is 1. The van der Waals surface area contributed by atoms with Crippen LogP contribution in [0.3, 0.4) is 0 Å². The van der Waals surface area contributed by atoms with Crippen LogP contribution in [0.5, 0.6) is 0 Å². The molecule has 0 radical (unpaired) electrons. The predicted octanol–water partition coefficient (Wildman–Crippen LogP) is 2.61. The maximum absolute atomic E-state index is 12.3. The summed E-state index contributed by atoms with van der Waals surface area (Å²) in [4.78, 5) is 28.6. The van der Waals surface area contributed by atoms with Crippen LogP contribution in [0.2, 0.25) is 0 Å². The molecule has 118 valence electrons. The van der Waals surface area contributed by atoms with Gasteiger partial charge in [0.15, 0.2) is 5.17 Å². The van der Waals surface area contributed by atoms with Crippen LogP contribution in [0, 0.1) is 6.92 Å². The van der Waals surface area contributed by atoms with E-state index in [1.807, 2.05) is 32.0 Å². The van der Waals surface area contributed by atoms with Crippen LogP contribution in [-0.4, -0.2) is 30.0 Å². The van der Waals surface area contributed by atoms with Gasteiger partial charge < -0.3 is 10.5 Å². The molecule has 1 unspecified atom stereocenters. The molecule has 1 aliphatic heterocycles. The smallest absolute Gasteiger partial charge is 0.340 e. The second-order valence-corrected chi connectivity index (χ2v) is 5.89. The molecule has 0 bridgehead atoms. The highest BCUT2D eigenvalue weighted by Gasteiger charge is 2.33. The van der Waals surface area contributed by atoms with Crippen LogP contribution >= 0.6 is 11.8 Å². The van der Waals surface area contributed by atoms with E-state index in [1.54, 1.807) is 7.11 Å². The van der Waals surface area contributed by atoms with E-state index in [9.17, 15) is 9.59 Å². The first-order valence-corrected chi connectivity index (χ1v) is 7.93. The van der Waals surface area contributed by atoms with Gasteiger partial charge >= 0.3 is 6.03 Å². The summed E-state index contributed by atoms with van der Waals surface area (Å²) in [7, 11) is 1.64. The summed E-state index contributed by atoms with van der Waals surface area (Å²) in [6.07, 6.45) is 0.633. The van der Waals surface area contributed by atoms with Gasteiger partial charge in [0.05, 0.1) is 17.5 Å². The zero-order valence-corrected chi connectivity index (χ0v) is 13.6. The number of hydrogen-bond acceptors (Lipinski definition) is 4. The molecule has 1 aliphatic rings. The number of nitrogens with zero attached hydrogens (tertiary/aromatic N) is 2. The van der Waals surface area contributed by atoms with Crippen LogP contribution in [0.25, 0.3) is 0 Å². The van der Waals surface area contributed by atoms with Crippen molar-refractivity contribution in [3.05, 3.63) is 29.3 Å². The summed E-state index contributed by atoms with van der Waals surface area (Å²) in [5.74, 6) is 0.117. The average molecular weight is 321 g/mol. The molecule has 7 heteroatoms. The molecule has 1 aromatic rings. The molecule has 0 spiro atoms. The highest BCUT2D eigenvalue weighted by molar-refractivity contribution is 8.15. The number of urea groups is 1. The van der Waals surface area contributed by atoms with Crippen LogP contribution in [0.1, 0.15) is 30.6 Å². The van der Waals surface area contributed by atoms with Crippen molar-refractivity contribution in [2.45, 2.75) is 26.4 Å². The molecular formula is C15H19N3O3S. The molecule has 6 nitrogen and oxygen atoms in total. The molecule has 1 aromatic carbocycles. The number of methoxy groups -OCH3 is 1. The van der Waals surface area contributed by atoms with Gasteiger partial charge in [0, 0.05) is 12.7 Å². The third-order valence-corrected chi connectivity index (χ3v) is 4.32. The van der Waals surface area contributed by atoms with Crippen molar-refractivity contribution < 1.29 is 14.3 Å². The Kier molecular flexibility index (Phi) is 5.20. The van der Waals surface area contributed by atoms with Gasteiger partial charge in [-0.1, -0.05) is 30.8 Å². The normalized spacial score (nSPS) is 18.0. The monoisotopic (exact) mass is 321 g/mol. The number of ether oxygens (including phenoxy) is 1. The average Bonchev–Trinajstić information content (AvgIpc) is 2.81. The van der Waals surface area contributed by atoms with Crippen molar-refractivity contribution >= 4 is 34.6 Å². The Morgan fingerprint density at radius 3 is 2.86 bits per heavy atom. The van der Waals surface area contributed by atoms with Crippen LogP contribution < -0.4 is 10.6 Å². The lowest BCUT2D eigenvalue weighted by Gasteiger charge is -2.24. The molecule has 0 aliphatic carbocycles. The van der Waals surface area contributed by atoms with Gasteiger partial charge in [-0.2, -0.15) is 4.99 Å². The third-order valence-electron chi connectivity index (χ3n) is 3.40. The van der Waals surface area contributed by atoms with Crippen LogP contribution in [0.4, 0.5) is 10.5 Å². The number of anilines is 1. The molecule has 22 heavy (non-hydrogen) atoms. The van der Waals surface area contributed by atoms with E-state index in [2.05, 4.69) is 4.99 Å². The fourth-order valence-electron chi connectivity index (χ4n) is 2.41. The van der Waals surface area contributed by atoms with Gasteiger partial charge in [-0.05, 0) is 25.0 Å². The number of rotatable bonds is 4. The number of benzene rings is 1. The summed E-state index contributed by atoms with van der Waals surface area (Å²) in [5.41, 5.74) is 7.73. The van der Waals surface area contributed by atoms with E-state index in [0.717, 1.165) is 17.5 Å². The molecule has 2 rings (SSSR count). The minimum absolute atomic E-state index is 0.122. The molecular weight excluding hydrogens is 302 g/mol. The van der Waals surface area contributed by atoms with Crippen molar-refractivity contribution in [1.29, 1.82) is 0 Å². The number of nitrogens with two attached hydrogens (primary N) is 1. The summed E-state index contributed by atoms with van der Waals surface area (Å²) in [6.45, 7) is 3.95. The Bertz CT molecular complexity index is 626. The third kappa shape index (κ3) is 3.31. The highest BCUT2D eigenvalue weighted by atomic mass is 32.2. The molecule has 1 saturated heterocycles. The first-order chi connectivity index (χ1) is 10.5. The van der Waals surface area contributed by atoms with Crippen LogP contribution in [-0.2, 0) is 9.53 Å². The number of amidine groups is 1. The van der Waals surface area contributed by atoms with Gasteiger partial charge in [0.2, 0.25) is 5.91 Å². The Morgan fingerprint density at radius 1 is 1.55 bits per heavy atom. The number of thioether (sulfide) groups is 1. The molecule has 3 amide bonds. The largest absolute Gasteiger partial charge is 0.377 e. The SMILES string of the molecule is CCC(OC)c1ccc(C)cc1N1C(=O)CSC1=NC(N)=O. The van der Waals surface area contributed by atoms with Gasteiger partial charge in [-0.3, -0.25) is 9.69 Å². The molecule has 1 fully saturated rings. The number of primary amides is 1. The van der Waals surface area contributed by atoms with Gasteiger partial charge in [-0.15, -0.1) is 0 Å². The second kappa shape index (κ2) is 6.93. The van der Waals surface area contributed by atoms with Crippen molar-refractivity contribution in [3.8, 4) is 0 Å². The van der Waals surface area contributed by atoms with Gasteiger partial charge in [0.1, 0.15) is 0 Å². The standard InChI is InChI=1S/C15H19N3O3S/c1-4-12(21-3)10-6-5-9(2)7-11(10)18-13(19)8-22-15(18)17-14(16)20/h5-7,12H,4,8H2,1-3H3,(H2,16,20). The zero-order chi connectivity index (χ0) is 16.3. The molecule has 1 atom stereocenters. The quantitative estimate of drug-likeness (QED) is 0.923. The Hall–Kier alpha value is -1.86. The second-order valence-electron chi connectivity index (χ2n) is 4.95. The first kappa shape index (κ1) is 16.5. The van der Waals surface area contributed by atoms with Crippen LogP contribution in [0.15, 0.2) is 23.2 Å². The summed E-state index contributed by atoms with van der Waals surface area (Å²) in [6, 6.07) is 5.01. The maximum atomic E-state index is 12.3. The lowest BCUT2D eigenvalue weighted by Crippen LogP contribution is -2.31. The molecule has 0 aromatic heterocycles. The van der Waals surface area contributed by atoms with E-state index >= 15 is 0 Å². The fourth-order valence-corrected chi connectivity index (χ4v) is 3.27. The minimum atomic E-state index is -0.810.